The Morgan fingerprint density at radius 1 is 1.15 bits per heavy atom. The highest BCUT2D eigenvalue weighted by Crippen LogP contribution is 2.28. The highest BCUT2D eigenvalue weighted by Gasteiger charge is 2.34. The van der Waals surface area contributed by atoms with E-state index < -0.39 is 0 Å². The molecule has 0 spiro atoms. The minimum atomic E-state index is 0.344. The number of rotatable bonds is 4. The summed E-state index contributed by atoms with van der Waals surface area (Å²) in [6, 6.07) is 11.5. The Hall–Kier alpha value is -1.19. The summed E-state index contributed by atoms with van der Waals surface area (Å²) < 4.78 is 0. The van der Waals surface area contributed by atoms with Gasteiger partial charge in [0.05, 0.1) is 6.54 Å². The number of ketones is 1. The molecule has 0 aromatic heterocycles. The molecule has 20 heavy (non-hydrogen) atoms. The van der Waals surface area contributed by atoms with Crippen LogP contribution in [0.2, 0.25) is 0 Å². The predicted molar refractivity (Wildman–Crippen MR) is 80.8 cm³/mol. The molecule has 1 aromatic rings. The molecule has 2 fully saturated rings. The molecule has 0 saturated carbocycles. The van der Waals surface area contributed by atoms with Crippen LogP contribution in [0.15, 0.2) is 30.3 Å². The number of carbonyl (C=O) groups excluding carboxylic acids is 1. The van der Waals surface area contributed by atoms with E-state index >= 15 is 0 Å². The van der Waals surface area contributed by atoms with Crippen LogP contribution >= 0.6 is 0 Å². The van der Waals surface area contributed by atoms with Gasteiger partial charge in [-0.3, -0.25) is 14.6 Å². The molecule has 2 heterocycles. The number of hydrogen-bond donors (Lipinski definition) is 0. The van der Waals surface area contributed by atoms with Crippen LogP contribution in [0.5, 0.6) is 0 Å². The average molecular weight is 272 g/mol. The second-order valence-electron chi connectivity index (χ2n) is 6.28. The summed E-state index contributed by atoms with van der Waals surface area (Å²) in [5.74, 6) is 0.344. The Kier molecular flexibility index (Phi) is 4.18. The maximum absolute atomic E-state index is 12.2. The fraction of sp³-hybridized carbons (Fsp3) is 0.588. The fourth-order valence-electron chi connectivity index (χ4n) is 3.65. The smallest absolute Gasteiger partial charge is 0.151 e. The van der Waals surface area contributed by atoms with Crippen LogP contribution in [0.3, 0.4) is 0 Å². The van der Waals surface area contributed by atoms with Crippen LogP contribution in [0.25, 0.3) is 0 Å². The van der Waals surface area contributed by atoms with Crippen LogP contribution < -0.4 is 0 Å². The molecule has 2 aliphatic rings. The van der Waals surface area contributed by atoms with Crippen LogP contribution in [0, 0.1) is 0 Å². The highest BCUT2D eigenvalue weighted by atomic mass is 16.1. The van der Waals surface area contributed by atoms with Gasteiger partial charge in [-0.25, -0.2) is 0 Å². The minimum Gasteiger partial charge on any atom is -0.299 e. The lowest BCUT2D eigenvalue weighted by Crippen LogP contribution is -2.39. The van der Waals surface area contributed by atoms with E-state index in [1.807, 2.05) is 30.3 Å². The first-order chi connectivity index (χ1) is 9.72. The summed E-state index contributed by atoms with van der Waals surface area (Å²) in [6.45, 7) is 2.76. The van der Waals surface area contributed by atoms with Crippen molar-refractivity contribution in [2.45, 2.75) is 37.8 Å². The zero-order valence-corrected chi connectivity index (χ0v) is 12.3. The molecule has 1 aromatic carbocycles. The molecule has 3 rings (SSSR count). The first-order valence-corrected chi connectivity index (χ1v) is 7.72. The zero-order valence-electron chi connectivity index (χ0n) is 12.3. The number of Topliss-reactive ketones (excluding diaryl/α,β-unsaturated/α-hetero) is 1. The van der Waals surface area contributed by atoms with Crippen LogP contribution in [0.1, 0.15) is 24.8 Å². The van der Waals surface area contributed by atoms with Crippen molar-refractivity contribution in [1.29, 1.82) is 0 Å². The second kappa shape index (κ2) is 6.06. The number of likely N-dealkylation sites (N-methyl/N-ethyl adjacent to an activating group) is 1. The third-order valence-electron chi connectivity index (χ3n) is 4.88. The van der Waals surface area contributed by atoms with Gasteiger partial charge in [0.1, 0.15) is 0 Å². The maximum Gasteiger partial charge on any atom is 0.151 e. The molecule has 3 heteroatoms. The highest BCUT2D eigenvalue weighted by molar-refractivity contribution is 5.82. The summed E-state index contributed by atoms with van der Waals surface area (Å²) in [5, 5.41) is 0. The summed E-state index contributed by atoms with van der Waals surface area (Å²) in [6.07, 6.45) is 4.42. The zero-order chi connectivity index (χ0) is 13.9. The Bertz CT molecular complexity index is 459. The molecule has 0 N–H and O–H groups in total. The van der Waals surface area contributed by atoms with Crippen molar-refractivity contribution in [3.8, 4) is 0 Å². The van der Waals surface area contributed by atoms with Crippen molar-refractivity contribution < 1.29 is 4.79 Å². The van der Waals surface area contributed by atoms with Crippen molar-refractivity contribution in [2.75, 3.05) is 26.7 Å². The quantitative estimate of drug-likeness (QED) is 0.837. The largest absolute Gasteiger partial charge is 0.299 e. The van der Waals surface area contributed by atoms with Gasteiger partial charge in [-0.1, -0.05) is 30.3 Å². The molecule has 108 valence electrons. The molecule has 2 unspecified atom stereocenters. The first kappa shape index (κ1) is 13.8. The number of fused-ring (bicyclic) bond motifs is 2. The maximum atomic E-state index is 12.2. The molecule has 2 saturated heterocycles. The summed E-state index contributed by atoms with van der Waals surface area (Å²) >= 11 is 0. The molecule has 2 bridgehead atoms. The standard InChI is InChI=1S/C17H24N2O/c1-18-15-7-8-16(18)12-19(10-9-15)13-17(20)11-14-5-3-2-4-6-14/h2-6,15-16H,7-13H2,1H3. The van der Waals surface area contributed by atoms with Gasteiger partial charge in [-0.05, 0) is 31.9 Å². The lowest BCUT2D eigenvalue weighted by atomic mass is 10.1. The topological polar surface area (TPSA) is 23.6 Å². The number of nitrogens with zero attached hydrogens (tertiary/aromatic N) is 2. The molecule has 0 aliphatic carbocycles. The Labute approximate surface area is 121 Å². The number of carbonyl (C=O) groups is 1. The van der Waals surface area contributed by atoms with E-state index in [2.05, 4.69) is 16.8 Å². The molecule has 0 amide bonds. The monoisotopic (exact) mass is 272 g/mol. The van der Waals surface area contributed by atoms with Crippen molar-refractivity contribution in [3.63, 3.8) is 0 Å². The first-order valence-electron chi connectivity index (χ1n) is 7.72. The van der Waals surface area contributed by atoms with Crippen molar-refractivity contribution in [1.82, 2.24) is 9.80 Å². The van der Waals surface area contributed by atoms with Gasteiger partial charge in [0.25, 0.3) is 0 Å². The van der Waals surface area contributed by atoms with Gasteiger partial charge < -0.3 is 0 Å². The Morgan fingerprint density at radius 2 is 1.90 bits per heavy atom. The lowest BCUT2D eigenvalue weighted by molar-refractivity contribution is -0.119. The van der Waals surface area contributed by atoms with Crippen molar-refractivity contribution in [3.05, 3.63) is 35.9 Å². The van der Waals surface area contributed by atoms with Crippen LogP contribution in [-0.2, 0) is 11.2 Å². The third kappa shape index (κ3) is 3.10. The van der Waals surface area contributed by atoms with Gasteiger partial charge in [0.2, 0.25) is 0 Å². The fourth-order valence-corrected chi connectivity index (χ4v) is 3.65. The second-order valence-corrected chi connectivity index (χ2v) is 6.28. The summed E-state index contributed by atoms with van der Waals surface area (Å²) in [5.41, 5.74) is 1.13. The average Bonchev–Trinajstić information content (AvgIpc) is 2.68. The van der Waals surface area contributed by atoms with Gasteiger partial charge in [-0.15, -0.1) is 0 Å². The van der Waals surface area contributed by atoms with Crippen LogP contribution in [-0.4, -0.2) is 54.3 Å². The van der Waals surface area contributed by atoms with E-state index in [-0.39, 0.29) is 0 Å². The normalized spacial score (nSPS) is 27.4. The Morgan fingerprint density at radius 3 is 2.70 bits per heavy atom. The summed E-state index contributed by atoms with van der Waals surface area (Å²) in [7, 11) is 2.25. The summed E-state index contributed by atoms with van der Waals surface area (Å²) in [4.78, 5) is 17.1. The van der Waals surface area contributed by atoms with Gasteiger partial charge in [-0.2, -0.15) is 0 Å². The van der Waals surface area contributed by atoms with Crippen molar-refractivity contribution in [2.24, 2.45) is 0 Å². The molecule has 3 nitrogen and oxygen atoms in total. The van der Waals surface area contributed by atoms with E-state index in [0.29, 0.717) is 24.8 Å². The number of hydrogen-bond acceptors (Lipinski definition) is 3. The van der Waals surface area contributed by atoms with E-state index in [0.717, 1.165) is 24.7 Å². The molecule has 2 aliphatic heterocycles. The lowest BCUT2D eigenvalue weighted by Gasteiger charge is -2.25. The molecule has 2 atom stereocenters. The third-order valence-corrected chi connectivity index (χ3v) is 4.88. The van der Waals surface area contributed by atoms with Gasteiger partial charge in [0, 0.05) is 31.6 Å². The number of benzene rings is 1. The minimum absolute atomic E-state index is 0.344. The van der Waals surface area contributed by atoms with E-state index in [1.54, 1.807) is 0 Å². The number of likely N-dealkylation sites (tertiary alicyclic amines) is 1. The van der Waals surface area contributed by atoms with Gasteiger partial charge in [0.15, 0.2) is 5.78 Å². The van der Waals surface area contributed by atoms with Crippen molar-refractivity contribution >= 4 is 5.78 Å². The Balaban J connectivity index is 1.54. The predicted octanol–water partition coefficient (Wildman–Crippen LogP) is 1.97. The molecular formula is C17H24N2O. The molecular weight excluding hydrogens is 248 g/mol. The van der Waals surface area contributed by atoms with Gasteiger partial charge >= 0.3 is 0 Å². The molecule has 0 radical (unpaired) electrons. The van der Waals surface area contributed by atoms with Crippen LogP contribution in [0.4, 0.5) is 0 Å². The van der Waals surface area contributed by atoms with E-state index in [1.165, 1.54) is 19.3 Å². The van der Waals surface area contributed by atoms with E-state index in [4.69, 9.17) is 0 Å². The van der Waals surface area contributed by atoms with E-state index in [9.17, 15) is 4.79 Å². The SMILES string of the molecule is CN1C2CCC1CN(CC(=O)Cc1ccccc1)CC2.